The van der Waals surface area contributed by atoms with Gasteiger partial charge in [-0.05, 0) is 24.1 Å². The number of methoxy groups -OCH3 is 1. The van der Waals surface area contributed by atoms with Crippen molar-refractivity contribution in [3.8, 4) is 5.75 Å². The van der Waals surface area contributed by atoms with Gasteiger partial charge in [0.15, 0.2) is 5.13 Å². The fourth-order valence-electron chi connectivity index (χ4n) is 1.68. The largest absolute Gasteiger partial charge is 0.497 e. The molecule has 0 amide bonds. The zero-order valence-electron chi connectivity index (χ0n) is 11.9. The van der Waals surface area contributed by atoms with Crippen LogP contribution in [-0.2, 0) is 18.0 Å². The Kier molecular flexibility index (Phi) is 5.83. The van der Waals surface area contributed by atoms with Crippen molar-refractivity contribution in [1.82, 2.24) is 4.98 Å². The van der Waals surface area contributed by atoms with Crippen LogP contribution in [0.2, 0.25) is 0 Å². The molecule has 2 rings (SSSR count). The van der Waals surface area contributed by atoms with E-state index in [2.05, 4.69) is 17.2 Å². The van der Waals surface area contributed by atoms with Crippen LogP contribution in [0.15, 0.2) is 30.5 Å². The lowest BCUT2D eigenvalue weighted by Gasteiger charge is -2.04. The number of nitrogens with one attached hydrogen (secondary N) is 1. The molecule has 0 saturated heterocycles. The summed E-state index contributed by atoms with van der Waals surface area (Å²) in [4.78, 5) is 5.45. The lowest BCUT2D eigenvalue weighted by Crippen LogP contribution is -1.97. The first-order chi connectivity index (χ1) is 9.81. The van der Waals surface area contributed by atoms with Crippen molar-refractivity contribution in [3.05, 3.63) is 40.9 Å². The fraction of sp³-hybridized carbons (Fsp3) is 0.400. The van der Waals surface area contributed by atoms with Gasteiger partial charge in [0.05, 0.1) is 25.2 Å². The van der Waals surface area contributed by atoms with Crippen LogP contribution in [0.5, 0.6) is 5.75 Å². The van der Waals surface area contributed by atoms with E-state index in [-0.39, 0.29) is 0 Å². The molecule has 1 aromatic heterocycles. The summed E-state index contributed by atoms with van der Waals surface area (Å²) in [6.45, 7) is 4.29. The molecular formula is C15H20N2O2S. The smallest absolute Gasteiger partial charge is 0.182 e. The van der Waals surface area contributed by atoms with Gasteiger partial charge in [-0.25, -0.2) is 4.98 Å². The summed E-state index contributed by atoms with van der Waals surface area (Å²) in [5.41, 5.74) is 1.14. The van der Waals surface area contributed by atoms with Crippen LogP contribution < -0.4 is 10.1 Å². The summed E-state index contributed by atoms with van der Waals surface area (Å²) in [7, 11) is 1.67. The van der Waals surface area contributed by atoms with Crippen LogP contribution in [0.3, 0.4) is 0 Å². The Morgan fingerprint density at radius 2 is 2.00 bits per heavy atom. The quantitative estimate of drug-likeness (QED) is 0.806. The summed E-state index contributed by atoms with van der Waals surface area (Å²) >= 11 is 1.65. The van der Waals surface area contributed by atoms with E-state index in [1.807, 2.05) is 30.5 Å². The monoisotopic (exact) mass is 292 g/mol. The SMILES string of the molecule is CCCNc1ncc(COCc2ccc(OC)cc2)s1. The van der Waals surface area contributed by atoms with E-state index < -0.39 is 0 Å². The fourth-order valence-corrected chi connectivity index (χ4v) is 2.45. The molecule has 20 heavy (non-hydrogen) atoms. The highest BCUT2D eigenvalue weighted by Crippen LogP contribution is 2.19. The molecule has 4 nitrogen and oxygen atoms in total. The number of nitrogens with zero attached hydrogens (tertiary/aromatic N) is 1. The number of anilines is 1. The zero-order chi connectivity index (χ0) is 14.2. The molecule has 0 fully saturated rings. The van der Waals surface area contributed by atoms with Crippen molar-refractivity contribution in [1.29, 1.82) is 0 Å². The van der Waals surface area contributed by atoms with Crippen molar-refractivity contribution >= 4 is 16.5 Å². The lowest BCUT2D eigenvalue weighted by molar-refractivity contribution is 0.109. The molecule has 108 valence electrons. The third kappa shape index (κ3) is 4.51. The van der Waals surface area contributed by atoms with Crippen LogP contribution in [0.4, 0.5) is 5.13 Å². The van der Waals surface area contributed by atoms with Crippen molar-refractivity contribution < 1.29 is 9.47 Å². The third-order valence-corrected chi connectivity index (χ3v) is 3.68. The summed E-state index contributed by atoms with van der Waals surface area (Å²) in [5.74, 6) is 0.864. The Labute approximate surface area is 123 Å². The maximum absolute atomic E-state index is 5.70. The van der Waals surface area contributed by atoms with Gasteiger partial charge in [-0.2, -0.15) is 0 Å². The highest BCUT2D eigenvalue weighted by Gasteiger charge is 2.02. The van der Waals surface area contributed by atoms with E-state index >= 15 is 0 Å². The molecule has 1 N–H and O–H groups in total. The first kappa shape index (κ1) is 14.8. The van der Waals surface area contributed by atoms with Gasteiger partial charge in [0, 0.05) is 12.7 Å². The second-order valence-electron chi connectivity index (χ2n) is 4.40. The molecule has 0 bridgehead atoms. The van der Waals surface area contributed by atoms with Crippen LogP contribution >= 0.6 is 11.3 Å². The molecule has 0 saturated carbocycles. The minimum absolute atomic E-state index is 0.595. The normalized spacial score (nSPS) is 10.5. The predicted octanol–water partition coefficient (Wildman–Crippen LogP) is 3.69. The first-order valence-corrected chi connectivity index (χ1v) is 7.52. The predicted molar refractivity (Wildman–Crippen MR) is 82.4 cm³/mol. The molecule has 0 unspecified atom stereocenters. The Hall–Kier alpha value is -1.59. The highest BCUT2D eigenvalue weighted by atomic mass is 32.1. The molecule has 1 aromatic carbocycles. The number of benzene rings is 1. The topological polar surface area (TPSA) is 43.4 Å². The Morgan fingerprint density at radius 3 is 2.70 bits per heavy atom. The number of rotatable bonds is 8. The van der Waals surface area contributed by atoms with Gasteiger partial charge in [0.25, 0.3) is 0 Å². The second kappa shape index (κ2) is 7.87. The first-order valence-electron chi connectivity index (χ1n) is 6.71. The Balaban J connectivity index is 1.75. The van der Waals surface area contributed by atoms with E-state index in [0.717, 1.165) is 34.3 Å². The van der Waals surface area contributed by atoms with Crippen LogP contribution in [0.25, 0.3) is 0 Å². The van der Waals surface area contributed by atoms with Gasteiger partial charge in [0.1, 0.15) is 5.75 Å². The van der Waals surface area contributed by atoms with Gasteiger partial charge in [0.2, 0.25) is 0 Å². The van der Waals surface area contributed by atoms with Gasteiger partial charge >= 0.3 is 0 Å². The van der Waals surface area contributed by atoms with Gasteiger partial charge in [-0.15, -0.1) is 0 Å². The van der Waals surface area contributed by atoms with Crippen LogP contribution in [0.1, 0.15) is 23.8 Å². The van der Waals surface area contributed by atoms with Crippen molar-refractivity contribution in [2.45, 2.75) is 26.6 Å². The van der Waals surface area contributed by atoms with Gasteiger partial charge < -0.3 is 14.8 Å². The average molecular weight is 292 g/mol. The van der Waals surface area contributed by atoms with Gasteiger partial charge in [-0.3, -0.25) is 0 Å². The zero-order valence-corrected chi connectivity index (χ0v) is 12.7. The second-order valence-corrected chi connectivity index (χ2v) is 5.51. The summed E-state index contributed by atoms with van der Waals surface area (Å²) in [5, 5.41) is 4.24. The van der Waals surface area contributed by atoms with E-state index in [0.29, 0.717) is 13.2 Å². The number of hydrogen-bond acceptors (Lipinski definition) is 5. The number of thiazole rings is 1. The molecule has 0 radical (unpaired) electrons. The Bertz CT molecular complexity index is 511. The van der Waals surface area contributed by atoms with Crippen LogP contribution in [-0.4, -0.2) is 18.6 Å². The van der Waals surface area contributed by atoms with E-state index in [1.165, 1.54) is 0 Å². The summed E-state index contributed by atoms with van der Waals surface area (Å²) in [6.07, 6.45) is 2.97. The summed E-state index contributed by atoms with van der Waals surface area (Å²) in [6, 6.07) is 7.91. The average Bonchev–Trinajstić information content (AvgIpc) is 2.94. The molecule has 1 heterocycles. The third-order valence-electron chi connectivity index (χ3n) is 2.75. The number of aromatic nitrogens is 1. The van der Waals surface area contributed by atoms with Crippen LogP contribution in [0, 0.1) is 0 Å². The van der Waals surface area contributed by atoms with Crippen molar-refractivity contribution in [2.24, 2.45) is 0 Å². The van der Waals surface area contributed by atoms with Gasteiger partial charge in [-0.1, -0.05) is 30.4 Å². The van der Waals surface area contributed by atoms with E-state index in [9.17, 15) is 0 Å². The van der Waals surface area contributed by atoms with E-state index in [1.54, 1.807) is 18.4 Å². The van der Waals surface area contributed by atoms with Crippen molar-refractivity contribution in [3.63, 3.8) is 0 Å². The maximum atomic E-state index is 5.70. The number of hydrogen-bond donors (Lipinski definition) is 1. The lowest BCUT2D eigenvalue weighted by atomic mass is 10.2. The van der Waals surface area contributed by atoms with E-state index in [4.69, 9.17) is 9.47 Å². The standard InChI is InChI=1S/C15H20N2O2S/c1-3-8-16-15-17-9-14(20-15)11-19-10-12-4-6-13(18-2)7-5-12/h4-7,9H,3,8,10-11H2,1-2H3,(H,16,17). The molecule has 0 aliphatic rings. The minimum Gasteiger partial charge on any atom is -0.497 e. The molecule has 0 atom stereocenters. The number of ether oxygens (including phenoxy) is 2. The molecule has 2 aromatic rings. The Morgan fingerprint density at radius 1 is 1.20 bits per heavy atom. The minimum atomic E-state index is 0.595. The molecule has 5 heteroatoms. The molecular weight excluding hydrogens is 272 g/mol. The molecule has 0 aliphatic heterocycles. The maximum Gasteiger partial charge on any atom is 0.182 e. The summed E-state index contributed by atoms with van der Waals surface area (Å²) < 4.78 is 10.8. The van der Waals surface area contributed by atoms with Crippen molar-refractivity contribution in [2.75, 3.05) is 19.0 Å². The molecule has 0 aliphatic carbocycles. The molecule has 0 spiro atoms. The highest BCUT2D eigenvalue weighted by molar-refractivity contribution is 7.15.